The largest absolute Gasteiger partial charge is 0.423 e. The van der Waals surface area contributed by atoms with Gasteiger partial charge < -0.3 is 14.2 Å². The molecule has 0 spiro atoms. The average molecular weight is 310 g/mol. The van der Waals surface area contributed by atoms with E-state index in [0.29, 0.717) is 19.0 Å². The Hall–Kier alpha value is -2.43. The Balaban J connectivity index is 1.57. The fraction of sp³-hybridized carbons (Fsp3) is 0.211. The molecule has 1 aliphatic rings. The quantitative estimate of drug-likeness (QED) is 0.490. The van der Waals surface area contributed by atoms with E-state index in [1.54, 1.807) is 18.2 Å². The van der Waals surface area contributed by atoms with Gasteiger partial charge in [-0.2, -0.15) is 0 Å². The molecular formula is C19H18O4. The highest BCUT2D eigenvalue weighted by Crippen LogP contribution is 2.24. The van der Waals surface area contributed by atoms with E-state index in [2.05, 4.69) is 0 Å². The minimum atomic E-state index is -0.410. The molecule has 0 aromatic heterocycles. The molecule has 0 aliphatic carbocycles. The third-order valence-corrected chi connectivity index (χ3v) is 3.41. The molecule has 0 saturated carbocycles. The molecular weight excluding hydrogens is 292 g/mol. The summed E-state index contributed by atoms with van der Waals surface area (Å²) < 4.78 is 16.3. The van der Waals surface area contributed by atoms with Crippen molar-refractivity contribution in [2.75, 3.05) is 13.2 Å². The number of carbonyl (C=O) groups excluding carboxylic acids is 1. The molecule has 1 saturated heterocycles. The molecule has 0 N–H and O–H groups in total. The first kappa shape index (κ1) is 15.5. The molecule has 0 amide bonds. The van der Waals surface area contributed by atoms with E-state index in [-0.39, 0.29) is 6.29 Å². The van der Waals surface area contributed by atoms with Crippen molar-refractivity contribution in [3.63, 3.8) is 0 Å². The van der Waals surface area contributed by atoms with Gasteiger partial charge in [-0.15, -0.1) is 0 Å². The zero-order valence-electron chi connectivity index (χ0n) is 12.7. The van der Waals surface area contributed by atoms with Gasteiger partial charge in [0.1, 0.15) is 5.75 Å². The van der Waals surface area contributed by atoms with Gasteiger partial charge in [0.15, 0.2) is 6.29 Å². The van der Waals surface area contributed by atoms with Gasteiger partial charge in [-0.05, 0) is 30.2 Å². The Morgan fingerprint density at radius 2 is 1.70 bits per heavy atom. The predicted molar refractivity (Wildman–Crippen MR) is 86.8 cm³/mol. The number of hydrogen-bond donors (Lipinski definition) is 0. The number of rotatable bonds is 4. The first-order chi connectivity index (χ1) is 11.3. The van der Waals surface area contributed by atoms with Gasteiger partial charge in [0.2, 0.25) is 0 Å². The summed E-state index contributed by atoms with van der Waals surface area (Å²) in [4.78, 5) is 11.8. The Kier molecular flexibility index (Phi) is 5.19. The van der Waals surface area contributed by atoms with Crippen molar-refractivity contribution in [3.05, 3.63) is 71.8 Å². The van der Waals surface area contributed by atoms with Crippen molar-refractivity contribution in [2.45, 2.75) is 12.7 Å². The van der Waals surface area contributed by atoms with Crippen LogP contribution < -0.4 is 4.74 Å². The van der Waals surface area contributed by atoms with Crippen LogP contribution in [0.1, 0.15) is 23.8 Å². The second-order valence-electron chi connectivity index (χ2n) is 5.16. The van der Waals surface area contributed by atoms with E-state index in [1.165, 1.54) is 6.08 Å². The third kappa shape index (κ3) is 4.52. The van der Waals surface area contributed by atoms with Gasteiger partial charge in [0.25, 0.3) is 0 Å². The Labute approximate surface area is 135 Å². The summed E-state index contributed by atoms with van der Waals surface area (Å²) in [6.45, 7) is 1.40. The number of benzene rings is 2. The summed E-state index contributed by atoms with van der Waals surface area (Å²) in [5.74, 6) is 0.0824. The van der Waals surface area contributed by atoms with Crippen LogP contribution in [0.15, 0.2) is 60.7 Å². The molecule has 3 rings (SSSR count). The SMILES string of the molecule is O=C(/C=C/c1ccccc1)Oc1ccc(C2OCCCO2)cc1. The van der Waals surface area contributed by atoms with Crippen LogP contribution >= 0.6 is 0 Å². The van der Waals surface area contributed by atoms with Crippen LogP contribution in [0.3, 0.4) is 0 Å². The van der Waals surface area contributed by atoms with Crippen molar-refractivity contribution in [2.24, 2.45) is 0 Å². The molecule has 1 fully saturated rings. The molecule has 0 atom stereocenters. The third-order valence-electron chi connectivity index (χ3n) is 3.41. The number of hydrogen-bond acceptors (Lipinski definition) is 4. The van der Waals surface area contributed by atoms with E-state index in [0.717, 1.165) is 17.5 Å². The number of carbonyl (C=O) groups is 1. The second kappa shape index (κ2) is 7.72. The van der Waals surface area contributed by atoms with E-state index < -0.39 is 5.97 Å². The monoisotopic (exact) mass is 310 g/mol. The van der Waals surface area contributed by atoms with Crippen LogP contribution in [0.25, 0.3) is 6.08 Å². The minimum Gasteiger partial charge on any atom is -0.423 e. The summed E-state index contributed by atoms with van der Waals surface area (Å²) in [5, 5.41) is 0. The molecule has 4 nitrogen and oxygen atoms in total. The molecule has 4 heteroatoms. The van der Waals surface area contributed by atoms with Crippen molar-refractivity contribution in [1.29, 1.82) is 0 Å². The zero-order chi connectivity index (χ0) is 15.9. The lowest BCUT2D eigenvalue weighted by Crippen LogP contribution is -2.17. The summed E-state index contributed by atoms with van der Waals surface area (Å²) in [7, 11) is 0. The smallest absolute Gasteiger partial charge is 0.336 e. The van der Waals surface area contributed by atoms with Gasteiger partial charge in [-0.25, -0.2) is 4.79 Å². The molecule has 0 radical (unpaired) electrons. The van der Waals surface area contributed by atoms with Crippen LogP contribution in [0.5, 0.6) is 5.75 Å². The van der Waals surface area contributed by atoms with E-state index >= 15 is 0 Å². The maximum absolute atomic E-state index is 11.8. The minimum absolute atomic E-state index is 0.327. The highest BCUT2D eigenvalue weighted by Gasteiger charge is 2.16. The fourth-order valence-electron chi connectivity index (χ4n) is 2.25. The fourth-order valence-corrected chi connectivity index (χ4v) is 2.25. The van der Waals surface area contributed by atoms with Gasteiger partial charge >= 0.3 is 5.97 Å². The predicted octanol–water partition coefficient (Wildman–Crippen LogP) is 3.74. The summed E-state index contributed by atoms with van der Waals surface area (Å²) in [5.41, 5.74) is 1.87. The molecule has 0 bridgehead atoms. The van der Waals surface area contributed by atoms with Crippen LogP contribution in [0.4, 0.5) is 0 Å². The molecule has 0 unspecified atom stereocenters. The van der Waals surface area contributed by atoms with Crippen LogP contribution in [0.2, 0.25) is 0 Å². The number of ether oxygens (including phenoxy) is 3. The lowest BCUT2D eigenvalue weighted by atomic mass is 10.2. The Morgan fingerprint density at radius 3 is 2.39 bits per heavy atom. The maximum Gasteiger partial charge on any atom is 0.336 e. The molecule has 118 valence electrons. The standard InChI is InChI=1S/C19H18O4/c20-18(12-7-15-5-2-1-3-6-15)23-17-10-8-16(9-11-17)19-21-13-4-14-22-19/h1-3,5-12,19H,4,13-14H2/b12-7+. The molecule has 2 aromatic carbocycles. The van der Waals surface area contributed by atoms with Gasteiger partial charge in [0, 0.05) is 11.6 Å². The van der Waals surface area contributed by atoms with Crippen molar-refractivity contribution in [3.8, 4) is 5.75 Å². The Bertz CT molecular complexity index is 656. The van der Waals surface area contributed by atoms with Crippen LogP contribution in [-0.4, -0.2) is 19.2 Å². The van der Waals surface area contributed by atoms with Crippen LogP contribution in [0, 0.1) is 0 Å². The van der Waals surface area contributed by atoms with Crippen molar-refractivity contribution < 1.29 is 19.0 Å². The topological polar surface area (TPSA) is 44.8 Å². The number of esters is 1. The first-order valence-electron chi connectivity index (χ1n) is 7.59. The zero-order valence-corrected chi connectivity index (χ0v) is 12.7. The molecule has 1 aliphatic heterocycles. The van der Waals surface area contributed by atoms with E-state index in [4.69, 9.17) is 14.2 Å². The highest BCUT2D eigenvalue weighted by molar-refractivity contribution is 5.88. The van der Waals surface area contributed by atoms with Gasteiger partial charge in [-0.1, -0.05) is 42.5 Å². The van der Waals surface area contributed by atoms with Crippen molar-refractivity contribution >= 4 is 12.0 Å². The maximum atomic E-state index is 11.8. The average Bonchev–Trinajstić information content (AvgIpc) is 2.62. The molecule has 2 aromatic rings. The normalized spacial score (nSPS) is 15.7. The summed E-state index contributed by atoms with van der Waals surface area (Å²) in [6.07, 6.45) is 3.73. The van der Waals surface area contributed by atoms with Gasteiger partial charge in [-0.3, -0.25) is 0 Å². The molecule has 23 heavy (non-hydrogen) atoms. The van der Waals surface area contributed by atoms with Crippen molar-refractivity contribution in [1.82, 2.24) is 0 Å². The Morgan fingerprint density at radius 1 is 1.00 bits per heavy atom. The van der Waals surface area contributed by atoms with E-state index in [1.807, 2.05) is 42.5 Å². The first-order valence-corrected chi connectivity index (χ1v) is 7.59. The lowest BCUT2D eigenvalue weighted by Gasteiger charge is -2.23. The highest BCUT2D eigenvalue weighted by atomic mass is 16.7. The summed E-state index contributed by atoms with van der Waals surface area (Å²) in [6, 6.07) is 16.8. The van der Waals surface area contributed by atoms with E-state index in [9.17, 15) is 4.79 Å². The van der Waals surface area contributed by atoms with Crippen LogP contribution in [-0.2, 0) is 14.3 Å². The molecule has 1 heterocycles. The second-order valence-corrected chi connectivity index (χ2v) is 5.16. The summed E-state index contributed by atoms with van der Waals surface area (Å²) >= 11 is 0. The lowest BCUT2D eigenvalue weighted by molar-refractivity contribution is -0.183. The van der Waals surface area contributed by atoms with Gasteiger partial charge in [0.05, 0.1) is 13.2 Å².